The zero-order chi connectivity index (χ0) is 88.5. The van der Waals surface area contributed by atoms with Crippen LogP contribution in [0.2, 0.25) is 0 Å². The molecule has 2 aromatic heterocycles. The van der Waals surface area contributed by atoms with Crippen LogP contribution in [-0.4, -0.2) is 151 Å². The number of unbranched alkanes of at least 4 members (excludes halogenated alkanes) is 2. The van der Waals surface area contributed by atoms with E-state index in [4.69, 9.17) is 10.2 Å². The third kappa shape index (κ3) is 30.0. The fraction of sp³-hybridized carbons (Fsp3) is 0.394. The van der Waals surface area contributed by atoms with Crippen molar-refractivity contribution in [1.82, 2.24) is 9.13 Å². The third-order valence-electron chi connectivity index (χ3n) is 23.6. The van der Waals surface area contributed by atoms with Crippen molar-refractivity contribution >= 4 is 104 Å². The number of anilines is 5. The van der Waals surface area contributed by atoms with E-state index in [1.54, 1.807) is 0 Å². The first-order chi connectivity index (χ1) is 58.4. The maximum absolute atomic E-state index is 9.12. The molecular formula is C104H141N16O2Y5+5. The standard InChI is InChI=1S/C25H33N2.C23H29N2.C22H27N2.C18H28N5O2.C16H24N5.5Y/c1-8-26(7)20-16-13-19(14-17-20)15-18-23-25(5,6)21-11-9-10-12-22(21)27(23)24(2,3)4;1-6-24(5)19-15-12-18(13-16-19)14-17-22-23(3,4)20-10-8-9-11-21(20)25(22)7-2;1-6-23(4)18-14-11-17(12-15-18)13-16-21-22(2,3)19-9-7-8-10-20(19)24(21)5;1-3-4-9-23-11-10-21(2)18(23)20-19-16-5-7-17(8-6-16)22(12-14-24)13-15-25;1-5-6-11-21-13-12-20(4)16(21)18-17-14-7-9-15(10-8-14)19(2)3;;;;;/h9-18H,8H2,1-7H3;8-17H,6-7H2,1-5H3;7-16H,6H2,1-5H3;5-8,10-11,24-25H,3-4,9,12-15H2,1-2H3;7-10,12-13H,5-6,11H2,1-4H3;;;;;/q5*+1;;;;;. The molecule has 2 N–H and O–H groups in total. The number of fused-ring (bicyclic) bond motifs is 3. The summed E-state index contributed by atoms with van der Waals surface area (Å²) in [6, 6.07) is 68.3. The number of aryl methyl sites for hydroxylation is 4. The van der Waals surface area contributed by atoms with E-state index < -0.39 is 0 Å². The molecule has 13 rings (SSSR count). The Balaban J connectivity index is 0.000000330. The van der Waals surface area contributed by atoms with Crippen molar-refractivity contribution in [2.75, 3.05) is 119 Å². The van der Waals surface area contributed by atoms with Crippen molar-refractivity contribution in [2.45, 2.75) is 164 Å². The number of hydrogen-bond acceptors (Lipinski definition) is 11. The Kier molecular flexibility index (Phi) is 48.5. The SMILES string of the molecule is CCCCn1cc[n+](C)c1N=Nc1ccc(N(C)C)cc1.CCCCn1cc[n+](C)c1N=Nc1ccc(N(CCO)CCO)cc1.CCN(C)c1ccc(/C=C/C2=[N+](C(C)(C)C)c3ccccc3C2(C)C)cc1.CCN(C)c1ccc(/C=C/C2=[N+](C)c3ccccc3C2(C)C)cc1.CCN(C)c1ccc(/C=C/C2=[N+](CC)c3ccccc3C2(C)C)cc1.[Y].[Y].[Y].[Y].[Y]. The number of aromatic nitrogens is 4. The van der Waals surface area contributed by atoms with Crippen LogP contribution < -0.4 is 33.6 Å². The summed E-state index contributed by atoms with van der Waals surface area (Å²) in [6.45, 7) is 40.9. The first-order valence-electron chi connectivity index (χ1n) is 43.9. The minimum absolute atomic E-state index is 0. The van der Waals surface area contributed by atoms with E-state index >= 15 is 0 Å². The molecule has 3 aliphatic rings. The van der Waals surface area contributed by atoms with Gasteiger partial charge < -0.3 is 34.7 Å². The van der Waals surface area contributed by atoms with Gasteiger partial charge in [0, 0.05) is 344 Å². The summed E-state index contributed by atoms with van der Waals surface area (Å²) in [5.41, 5.74) is 23.5. The Hall–Kier alpha value is -5.95. The van der Waals surface area contributed by atoms with Gasteiger partial charge in [0.2, 0.25) is 17.1 Å². The molecule has 23 heteroatoms. The van der Waals surface area contributed by atoms with Crippen molar-refractivity contribution in [1.29, 1.82) is 0 Å². The van der Waals surface area contributed by atoms with Gasteiger partial charge in [0.1, 0.15) is 25.0 Å². The predicted molar refractivity (Wildman–Crippen MR) is 516 cm³/mol. The molecule has 0 saturated heterocycles. The van der Waals surface area contributed by atoms with Crippen LogP contribution in [-0.2, 0) is 207 Å². The van der Waals surface area contributed by atoms with E-state index in [2.05, 4.69) is 383 Å². The average Bonchev–Trinajstić information content (AvgIpc) is 1.67. The van der Waals surface area contributed by atoms with Gasteiger partial charge in [-0.25, -0.2) is 18.3 Å². The van der Waals surface area contributed by atoms with Gasteiger partial charge in [0.25, 0.3) is 0 Å². The second kappa shape index (κ2) is 54.3. The van der Waals surface area contributed by atoms with Crippen molar-refractivity contribution in [3.05, 3.63) is 271 Å². The van der Waals surface area contributed by atoms with Crippen LogP contribution in [0, 0.1) is 0 Å². The molecule has 0 spiro atoms. The molecule has 3 aliphatic heterocycles. The maximum Gasteiger partial charge on any atom is 0.421 e. The number of nitrogens with zero attached hydrogens (tertiary/aromatic N) is 16. The van der Waals surface area contributed by atoms with Gasteiger partial charge in [0.05, 0.1) is 81.4 Å². The van der Waals surface area contributed by atoms with Crippen LogP contribution >= 0.6 is 0 Å². The Morgan fingerprint density at radius 2 is 0.717 bits per heavy atom. The molecule has 0 fully saturated rings. The molecule has 127 heavy (non-hydrogen) atoms. The second-order valence-electron chi connectivity index (χ2n) is 34.5. The molecule has 0 saturated carbocycles. The Morgan fingerprint density at radius 3 is 1.08 bits per heavy atom. The van der Waals surface area contributed by atoms with Gasteiger partial charge in [-0.2, -0.15) is 13.7 Å². The summed E-state index contributed by atoms with van der Waals surface area (Å²) in [4.78, 5) is 10.7. The van der Waals surface area contributed by atoms with Crippen LogP contribution in [0.3, 0.4) is 0 Å². The molecule has 18 nitrogen and oxygen atoms in total. The van der Waals surface area contributed by atoms with Gasteiger partial charge >= 0.3 is 11.9 Å². The number of para-hydroxylation sites is 3. The predicted octanol–water partition coefficient (Wildman–Crippen LogP) is 22.0. The van der Waals surface area contributed by atoms with E-state index in [1.807, 2.05) is 109 Å². The Labute approximate surface area is 887 Å². The zero-order valence-electron chi connectivity index (χ0n) is 80.6. The molecule has 0 unspecified atom stereocenters. The van der Waals surface area contributed by atoms with Crippen LogP contribution in [0.1, 0.15) is 163 Å². The van der Waals surface area contributed by atoms with Crippen molar-refractivity contribution < 1.29 is 197 Å². The summed E-state index contributed by atoms with van der Waals surface area (Å²) in [5.74, 6) is 1.69. The van der Waals surface area contributed by atoms with E-state index in [9.17, 15) is 0 Å². The Bertz CT molecular complexity index is 5300. The number of benzene rings is 8. The van der Waals surface area contributed by atoms with Crippen LogP contribution in [0.4, 0.5) is 68.8 Å². The molecule has 10 aromatic rings. The number of rotatable bonds is 29. The summed E-state index contributed by atoms with van der Waals surface area (Å²) in [5, 5.41) is 35.7. The summed E-state index contributed by atoms with van der Waals surface area (Å²) in [6.07, 6.45) is 26.2. The van der Waals surface area contributed by atoms with Crippen molar-refractivity contribution in [3.8, 4) is 0 Å². The minimum atomic E-state index is -0.0112. The largest absolute Gasteiger partial charge is 0.421 e. The number of aliphatic hydroxyl groups excluding tert-OH is 2. The van der Waals surface area contributed by atoms with E-state index in [0.29, 0.717) is 13.1 Å². The molecule has 5 radical (unpaired) electrons. The van der Waals surface area contributed by atoms with Gasteiger partial charge in [0.15, 0.2) is 22.7 Å². The van der Waals surface area contributed by atoms with Gasteiger partial charge in [-0.1, -0.05) is 128 Å². The first-order valence-corrected chi connectivity index (χ1v) is 43.9. The molecule has 0 atom stereocenters. The fourth-order valence-corrected chi connectivity index (χ4v) is 15.8. The monoisotopic (exact) mass is 2090 g/mol. The molecular weight excluding hydrogens is 1950 g/mol. The number of allylic oxidation sites excluding steroid dienone is 3. The number of hydrogen-bond donors (Lipinski definition) is 2. The van der Waals surface area contributed by atoms with Crippen molar-refractivity contribution in [2.24, 2.45) is 34.6 Å². The van der Waals surface area contributed by atoms with Crippen LogP contribution in [0.15, 0.2) is 258 Å². The molecule has 8 aromatic carbocycles. The normalized spacial score (nSPS) is 13.6. The van der Waals surface area contributed by atoms with Gasteiger partial charge in [-0.05, 0) is 202 Å². The molecule has 0 aliphatic carbocycles. The topological polar surface area (TPSA) is 133 Å². The van der Waals surface area contributed by atoms with E-state index in [1.165, 1.54) is 91.1 Å². The number of azo groups is 2. The first kappa shape index (κ1) is 113. The van der Waals surface area contributed by atoms with Gasteiger partial charge in [-0.15, -0.1) is 0 Å². The molecule has 659 valence electrons. The second-order valence-corrected chi connectivity index (χ2v) is 34.5. The summed E-state index contributed by atoms with van der Waals surface area (Å²) in [7, 11) is 16.5. The molecule has 5 heterocycles. The number of aliphatic hydroxyl groups is 2. The zero-order valence-corrected chi connectivity index (χ0v) is 94.8. The fourth-order valence-electron chi connectivity index (χ4n) is 15.8. The summed E-state index contributed by atoms with van der Waals surface area (Å²) < 4.78 is 15.4. The number of imidazole rings is 2. The molecule has 0 amide bonds. The smallest absolute Gasteiger partial charge is 0.395 e. The van der Waals surface area contributed by atoms with Crippen molar-refractivity contribution in [3.63, 3.8) is 0 Å². The van der Waals surface area contributed by atoms with E-state index in [0.717, 1.165) is 93.2 Å². The maximum atomic E-state index is 9.12. The van der Waals surface area contributed by atoms with Crippen LogP contribution in [0.5, 0.6) is 0 Å². The van der Waals surface area contributed by atoms with Gasteiger partial charge in [-0.3, -0.25) is 0 Å². The molecule has 0 bridgehead atoms. The van der Waals surface area contributed by atoms with E-state index in [-0.39, 0.29) is 199 Å². The Morgan fingerprint density at radius 1 is 0.386 bits per heavy atom. The summed E-state index contributed by atoms with van der Waals surface area (Å²) >= 11 is 0. The average molecular weight is 2090 g/mol. The minimum Gasteiger partial charge on any atom is -0.395 e. The third-order valence-corrected chi connectivity index (χ3v) is 23.6. The quantitative estimate of drug-likeness (QED) is 0.0352. The van der Waals surface area contributed by atoms with Crippen LogP contribution in [0.25, 0.3) is 18.2 Å².